The first-order valence-electron chi connectivity index (χ1n) is 8.01. The molecule has 0 aromatic heterocycles. The number of hydrogen-bond acceptors (Lipinski definition) is 7. The molecule has 1 aromatic carbocycles. The number of esters is 1. The van der Waals surface area contributed by atoms with Crippen LogP contribution in [0.3, 0.4) is 0 Å². The lowest BCUT2D eigenvalue weighted by Gasteiger charge is -2.19. The molecule has 7 heteroatoms. The summed E-state index contributed by atoms with van der Waals surface area (Å²) in [5.74, 6) is -0.00527. The lowest BCUT2D eigenvalue weighted by Crippen LogP contribution is -2.25. The maximum absolute atomic E-state index is 12.0. The second-order valence-electron chi connectivity index (χ2n) is 5.72. The molecule has 7 nitrogen and oxygen atoms in total. The molecule has 25 heavy (non-hydrogen) atoms. The van der Waals surface area contributed by atoms with Gasteiger partial charge in [-0.25, -0.2) is 0 Å². The van der Waals surface area contributed by atoms with Gasteiger partial charge >= 0.3 is 5.97 Å². The van der Waals surface area contributed by atoms with Crippen molar-refractivity contribution in [1.82, 2.24) is 0 Å². The van der Waals surface area contributed by atoms with Crippen LogP contribution in [0.15, 0.2) is 35.8 Å². The van der Waals surface area contributed by atoms with E-state index >= 15 is 0 Å². The highest BCUT2D eigenvalue weighted by atomic mass is 16.5. The van der Waals surface area contributed by atoms with E-state index < -0.39 is 5.97 Å². The predicted molar refractivity (Wildman–Crippen MR) is 93.9 cm³/mol. The standard InChI is InChI=1S/C18H23N3O4/c1-13(23-4)12-24-10-9-17(22)25-16(11-19)18-20(2)14-7-5-6-8-15(14)21(18)3/h5-8,13H,9-10,12H2,1-4H3. The van der Waals surface area contributed by atoms with Gasteiger partial charge in [-0.05, 0) is 19.1 Å². The van der Waals surface area contributed by atoms with Gasteiger partial charge < -0.3 is 24.0 Å². The van der Waals surface area contributed by atoms with E-state index in [2.05, 4.69) is 0 Å². The quantitative estimate of drug-likeness (QED) is 0.325. The zero-order chi connectivity index (χ0) is 18.4. The molecule has 1 aromatic rings. The van der Waals surface area contributed by atoms with Crippen LogP contribution in [0.4, 0.5) is 11.4 Å². The molecule has 1 aliphatic rings. The van der Waals surface area contributed by atoms with E-state index in [0.29, 0.717) is 12.4 Å². The predicted octanol–water partition coefficient (Wildman–Crippen LogP) is 2.25. The number of nitriles is 1. The Bertz CT molecular complexity index is 665. The first-order chi connectivity index (χ1) is 12.0. The van der Waals surface area contributed by atoms with Crippen molar-refractivity contribution < 1.29 is 19.0 Å². The van der Waals surface area contributed by atoms with Gasteiger partial charge in [-0.2, -0.15) is 5.26 Å². The Kier molecular flexibility index (Phi) is 6.39. The molecular weight excluding hydrogens is 322 g/mol. The van der Waals surface area contributed by atoms with Gasteiger partial charge in [0.1, 0.15) is 6.07 Å². The third-order valence-electron chi connectivity index (χ3n) is 3.97. The molecule has 0 amide bonds. The number of fused-ring (bicyclic) bond motifs is 1. The van der Waals surface area contributed by atoms with Gasteiger partial charge in [0.05, 0.1) is 37.1 Å². The molecule has 0 bridgehead atoms. The number of para-hydroxylation sites is 2. The van der Waals surface area contributed by atoms with E-state index in [0.717, 1.165) is 11.4 Å². The van der Waals surface area contributed by atoms with Crippen molar-refractivity contribution in [2.75, 3.05) is 44.2 Å². The lowest BCUT2D eigenvalue weighted by molar-refractivity contribution is -0.140. The number of hydrogen-bond donors (Lipinski definition) is 0. The molecule has 1 atom stereocenters. The van der Waals surface area contributed by atoms with Crippen molar-refractivity contribution in [3.8, 4) is 6.07 Å². The number of carbonyl (C=O) groups excluding carboxylic acids is 1. The minimum absolute atomic E-state index is 0.0311. The molecule has 134 valence electrons. The average Bonchev–Trinajstić information content (AvgIpc) is 2.88. The molecule has 0 fully saturated rings. The number of carbonyl (C=O) groups is 1. The van der Waals surface area contributed by atoms with E-state index in [1.165, 1.54) is 0 Å². The molecule has 1 aliphatic heterocycles. The maximum atomic E-state index is 12.0. The second kappa shape index (κ2) is 8.51. The number of ether oxygens (including phenoxy) is 3. The summed E-state index contributed by atoms with van der Waals surface area (Å²) in [7, 11) is 5.26. The van der Waals surface area contributed by atoms with Crippen LogP contribution in [0.25, 0.3) is 0 Å². The maximum Gasteiger partial charge on any atom is 0.314 e. The minimum Gasteiger partial charge on any atom is -0.411 e. The van der Waals surface area contributed by atoms with Gasteiger partial charge in [0.25, 0.3) is 0 Å². The molecule has 2 rings (SSSR count). The second-order valence-corrected chi connectivity index (χ2v) is 5.72. The highest BCUT2D eigenvalue weighted by molar-refractivity contribution is 5.83. The summed E-state index contributed by atoms with van der Waals surface area (Å²) in [5.41, 5.74) is 1.89. The van der Waals surface area contributed by atoms with Crippen LogP contribution >= 0.6 is 0 Å². The van der Waals surface area contributed by atoms with Crippen molar-refractivity contribution in [3.63, 3.8) is 0 Å². The van der Waals surface area contributed by atoms with E-state index in [4.69, 9.17) is 14.2 Å². The zero-order valence-electron chi connectivity index (χ0n) is 15.0. The number of benzene rings is 1. The summed E-state index contributed by atoms with van der Waals surface area (Å²) in [6.07, 6.45) is 0.0297. The summed E-state index contributed by atoms with van der Waals surface area (Å²) < 4.78 is 15.7. The van der Waals surface area contributed by atoms with E-state index in [1.54, 1.807) is 7.11 Å². The molecule has 1 heterocycles. The van der Waals surface area contributed by atoms with Crippen molar-refractivity contribution in [1.29, 1.82) is 5.26 Å². The fourth-order valence-corrected chi connectivity index (χ4v) is 2.55. The molecule has 1 unspecified atom stereocenters. The first kappa shape index (κ1) is 18.8. The minimum atomic E-state index is -0.508. The van der Waals surface area contributed by atoms with Crippen LogP contribution < -0.4 is 9.80 Å². The lowest BCUT2D eigenvalue weighted by atomic mass is 10.3. The summed E-state index contributed by atoms with van der Waals surface area (Å²) in [6, 6.07) is 9.71. The number of nitrogens with zero attached hydrogens (tertiary/aromatic N) is 3. The van der Waals surface area contributed by atoms with Crippen LogP contribution in [0, 0.1) is 11.3 Å². The number of methoxy groups -OCH3 is 1. The van der Waals surface area contributed by atoms with Gasteiger partial charge in [0.2, 0.25) is 5.76 Å². The van der Waals surface area contributed by atoms with Crippen LogP contribution in [0.1, 0.15) is 13.3 Å². The van der Waals surface area contributed by atoms with E-state index in [-0.39, 0.29) is 24.9 Å². The largest absolute Gasteiger partial charge is 0.411 e. The van der Waals surface area contributed by atoms with Crippen LogP contribution in [0.5, 0.6) is 0 Å². The fraction of sp³-hybridized carbons (Fsp3) is 0.444. The average molecular weight is 345 g/mol. The van der Waals surface area contributed by atoms with E-state index in [9.17, 15) is 10.1 Å². The van der Waals surface area contributed by atoms with Crippen molar-refractivity contribution in [3.05, 3.63) is 35.8 Å². The summed E-state index contributed by atoms with van der Waals surface area (Å²) in [6.45, 7) is 2.49. The fourth-order valence-electron chi connectivity index (χ4n) is 2.55. The van der Waals surface area contributed by atoms with Gasteiger partial charge in [-0.3, -0.25) is 4.79 Å². The number of anilines is 2. The van der Waals surface area contributed by atoms with Gasteiger partial charge in [-0.1, -0.05) is 12.1 Å². The smallest absolute Gasteiger partial charge is 0.314 e. The Morgan fingerprint density at radius 3 is 2.36 bits per heavy atom. The number of rotatable bonds is 7. The Balaban J connectivity index is 2.01. The first-order valence-corrected chi connectivity index (χ1v) is 8.01. The van der Waals surface area contributed by atoms with Gasteiger partial charge in [0.15, 0.2) is 5.82 Å². The van der Waals surface area contributed by atoms with Crippen molar-refractivity contribution >= 4 is 17.3 Å². The van der Waals surface area contributed by atoms with Crippen molar-refractivity contribution in [2.24, 2.45) is 0 Å². The van der Waals surface area contributed by atoms with Crippen LogP contribution in [0.2, 0.25) is 0 Å². The Morgan fingerprint density at radius 2 is 1.84 bits per heavy atom. The highest BCUT2D eigenvalue weighted by Gasteiger charge is 2.30. The molecular formula is C18H23N3O4. The zero-order valence-corrected chi connectivity index (χ0v) is 15.0. The topological polar surface area (TPSA) is 75.0 Å². The SMILES string of the molecule is COC(C)COCCC(=O)OC(C#N)=C1N(C)c2ccccc2N1C. The summed E-state index contributed by atoms with van der Waals surface area (Å²) >= 11 is 0. The van der Waals surface area contributed by atoms with Crippen LogP contribution in [-0.2, 0) is 19.0 Å². The van der Waals surface area contributed by atoms with Crippen molar-refractivity contribution in [2.45, 2.75) is 19.4 Å². The normalized spacial score (nSPS) is 14.1. The Labute approximate surface area is 148 Å². The van der Waals surface area contributed by atoms with Crippen LogP contribution in [-0.4, -0.2) is 46.5 Å². The van der Waals surface area contributed by atoms with Gasteiger partial charge in [-0.15, -0.1) is 0 Å². The van der Waals surface area contributed by atoms with E-state index in [1.807, 2.05) is 61.2 Å². The highest BCUT2D eigenvalue weighted by Crippen LogP contribution is 2.40. The summed E-state index contributed by atoms with van der Waals surface area (Å²) in [5, 5.41) is 9.44. The molecule has 0 spiro atoms. The molecule has 0 N–H and O–H groups in total. The summed E-state index contributed by atoms with van der Waals surface area (Å²) in [4.78, 5) is 15.7. The third-order valence-corrected chi connectivity index (χ3v) is 3.97. The number of allylic oxidation sites excluding steroid dienone is 1. The Morgan fingerprint density at radius 1 is 1.24 bits per heavy atom. The Hall–Kier alpha value is -2.56. The molecule has 0 aliphatic carbocycles. The molecule has 0 saturated carbocycles. The molecule has 0 saturated heterocycles. The molecule has 0 radical (unpaired) electrons. The monoisotopic (exact) mass is 345 g/mol. The third kappa shape index (κ3) is 4.29. The van der Waals surface area contributed by atoms with Gasteiger partial charge in [0, 0.05) is 21.2 Å².